The van der Waals surface area contributed by atoms with Gasteiger partial charge in [0, 0.05) is 51.9 Å². The van der Waals surface area contributed by atoms with Crippen molar-refractivity contribution in [3.05, 3.63) is 29.8 Å². The molecule has 1 saturated carbocycles. The van der Waals surface area contributed by atoms with Crippen LogP contribution < -0.4 is 10.2 Å². The molecule has 1 aromatic carbocycles. The molecule has 0 aromatic heterocycles. The van der Waals surface area contributed by atoms with Gasteiger partial charge in [0.25, 0.3) is 0 Å². The Bertz CT molecular complexity index is 713. The van der Waals surface area contributed by atoms with Crippen LogP contribution in [0.25, 0.3) is 0 Å². The minimum Gasteiger partial charge on any atom is -0.383 e. The molecule has 1 aliphatic carbocycles. The van der Waals surface area contributed by atoms with Gasteiger partial charge in [-0.05, 0) is 55.8 Å². The number of benzene rings is 1. The van der Waals surface area contributed by atoms with Gasteiger partial charge >= 0.3 is 6.18 Å². The summed E-state index contributed by atoms with van der Waals surface area (Å²) in [7, 11) is 1.63. The van der Waals surface area contributed by atoms with Crippen LogP contribution in [0.1, 0.15) is 44.1 Å². The van der Waals surface area contributed by atoms with E-state index in [2.05, 4.69) is 15.1 Å². The van der Waals surface area contributed by atoms with Crippen molar-refractivity contribution in [2.24, 2.45) is 11.8 Å². The Hall–Kier alpha value is -1.80. The number of rotatable bonds is 9. The number of methoxy groups -OCH3 is 1. The third kappa shape index (κ3) is 7.66. The fourth-order valence-electron chi connectivity index (χ4n) is 4.82. The van der Waals surface area contributed by atoms with E-state index in [-0.39, 0.29) is 5.91 Å². The number of amides is 1. The van der Waals surface area contributed by atoms with Crippen LogP contribution in [-0.4, -0.2) is 63.8 Å². The first-order valence-corrected chi connectivity index (χ1v) is 11.8. The zero-order chi connectivity index (χ0) is 23.0. The zero-order valence-electron chi connectivity index (χ0n) is 19.0. The van der Waals surface area contributed by atoms with Crippen molar-refractivity contribution in [3.8, 4) is 0 Å². The quantitative estimate of drug-likeness (QED) is 0.568. The Morgan fingerprint density at radius 1 is 1.09 bits per heavy atom. The van der Waals surface area contributed by atoms with Gasteiger partial charge in [-0.25, -0.2) is 0 Å². The van der Waals surface area contributed by atoms with Gasteiger partial charge in [0.15, 0.2) is 0 Å². The van der Waals surface area contributed by atoms with Crippen molar-refractivity contribution < 1.29 is 22.7 Å². The first kappa shape index (κ1) is 24.8. The van der Waals surface area contributed by atoms with Gasteiger partial charge in [-0.1, -0.05) is 18.9 Å². The first-order chi connectivity index (χ1) is 15.3. The van der Waals surface area contributed by atoms with Crippen LogP contribution in [0.2, 0.25) is 0 Å². The van der Waals surface area contributed by atoms with Gasteiger partial charge in [0.1, 0.15) is 0 Å². The van der Waals surface area contributed by atoms with E-state index in [1.165, 1.54) is 25.0 Å². The number of nitrogens with one attached hydrogen (secondary N) is 1. The largest absolute Gasteiger partial charge is 0.416 e. The number of ether oxygens (including phenoxy) is 1. The van der Waals surface area contributed by atoms with Gasteiger partial charge in [-0.2, -0.15) is 13.2 Å². The molecule has 2 fully saturated rings. The number of alkyl halides is 3. The Morgan fingerprint density at radius 3 is 2.44 bits per heavy atom. The molecule has 0 bridgehead atoms. The van der Waals surface area contributed by atoms with E-state index in [4.69, 9.17) is 4.74 Å². The van der Waals surface area contributed by atoms with E-state index in [1.54, 1.807) is 13.2 Å². The van der Waals surface area contributed by atoms with Crippen LogP contribution in [-0.2, 0) is 15.7 Å². The molecule has 1 N–H and O–H groups in total. The molecular formula is C24H36F3N3O2. The standard InChI is InChI=1S/C24H36F3N3O2/c1-32-16-10-28-23(31)17-20-7-5-19(6-8-20)9-11-29-12-14-30(15-13-29)22-4-2-3-21(18-22)24(25,26)27/h2-4,18-20H,5-17H2,1H3,(H,28,31)/t19-,20+. The highest BCUT2D eigenvalue weighted by atomic mass is 19.4. The summed E-state index contributed by atoms with van der Waals surface area (Å²) in [6.07, 6.45) is 2.08. The SMILES string of the molecule is COCCNC(=O)C[C@H]1CC[C@@H](CCN2CCN(c3cccc(C(F)(F)F)c3)CC2)CC1. The van der Waals surface area contributed by atoms with Crippen LogP contribution >= 0.6 is 0 Å². The molecule has 3 rings (SSSR count). The minimum absolute atomic E-state index is 0.129. The lowest BCUT2D eigenvalue weighted by Gasteiger charge is -2.37. The van der Waals surface area contributed by atoms with E-state index in [9.17, 15) is 18.0 Å². The molecule has 1 aliphatic heterocycles. The van der Waals surface area contributed by atoms with E-state index < -0.39 is 11.7 Å². The van der Waals surface area contributed by atoms with Crippen LogP contribution in [0, 0.1) is 11.8 Å². The molecule has 5 nitrogen and oxygen atoms in total. The number of halogens is 3. The highest BCUT2D eigenvalue weighted by Crippen LogP contribution is 2.33. The molecule has 1 saturated heterocycles. The van der Waals surface area contributed by atoms with Crippen molar-refractivity contribution in [1.82, 2.24) is 10.2 Å². The maximum absolute atomic E-state index is 13.0. The smallest absolute Gasteiger partial charge is 0.383 e. The second-order valence-electron chi connectivity index (χ2n) is 9.10. The summed E-state index contributed by atoms with van der Waals surface area (Å²) in [6, 6.07) is 5.64. The average Bonchev–Trinajstić information content (AvgIpc) is 2.79. The van der Waals surface area contributed by atoms with Crippen LogP contribution in [0.5, 0.6) is 0 Å². The second-order valence-corrected chi connectivity index (χ2v) is 9.10. The molecule has 32 heavy (non-hydrogen) atoms. The van der Waals surface area contributed by atoms with Crippen LogP contribution in [0.4, 0.5) is 18.9 Å². The van der Waals surface area contributed by atoms with E-state index in [1.807, 2.05) is 0 Å². The lowest BCUT2D eigenvalue weighted by atomic mass is 9.79. The maximum Gasteiger partial charge on any atom is 0.416 e. The number of piperazine rings is 1. The first-order valence-electron chi connectivity index (χ1n) is 11.8. The predicted molar refractivity (Wildman–Crippen MR) is 120 cm³/mol. The summed E-state index contributed by atoms with van der Waals surface area (Å²) in [5, 5.41) is 2.91. The minimum atomic E-state index is -4.30. The summed E-state index contributed by atoms with van der Waals surface area (Å²) < 4.78 is 43.9. The van der Waals surface area contributed by atoms with Gasteiger partial charge in [-0.15, -0.1) is 0 Å². The highest BCUT2D eigenvalue weighted by Gasteiger charge is 2.31. The molecule has 0 atom stereocenters. The number of nitrogens with zero attached hydrogens (tertiary/aromatic N) is 2. The fraction of sp³-hybridized carbons (Fsp3) is 0.708. The molecule has 2 aliphatic rings. The van der Waals surface area contributed by atoms with Crippen LogP contribution in [0.15, 0.2) is 24.3 Å². The highest BCUT2D eigenvalue weighted by molar-refractivity contribution is 5.76. The molecule has 1 aromatic rings. The van der Waals surface area contributed by atoms with Crippen molar-refractivity contribution >= 4 is 11.6 Å². The molecule has 180 valence electrons. The van der Waals surface area contributed by atoms with Crippen molar-refractivity contribution in [1.29, 1.82) is 0 Å². The summed E-state index contributed by atoms with van der Waals surface area (Å²) in [5.41, 5.74) is 0.0737. The Kier molecular flexibility index (Phi) is 9.22. The van der Waals surface area contributed by atoms with Crippen molar-refractivity contribution in [2.75, 3.05) is 57.9 Å². The lowest BCUT2D eigenvalue weighted by molar-refractivity contribution is -0.137. The topological polar surface area (TPSA) is 44.8 Å². The Labute approximate surface area is 189 Å². The number of anilines is 1. The number of carbonyl (C=O) groups is 1. The summed E-state index contributed by atoms with van der Waals surface area (Å²) >= 11 is 0. The normalized spacial score (nSPS) is 22.7. The van der Waals surface area contributed by atoms with Gasteiger partial charge in [-0.3, -0.25) is 9.69 Å². The number of carbonyl (C=O) groups excluding carboxylic acids is 1. The predicted octanol–water partition coefficient (Wildman–Crippen LogP) is 4.18. The molecule has 8 heteroatoms. The van der Waals surface area contributed by atoms with Gasteiger partial charge < -0.3 is 15.0 Å². The van der Waals surface area contributed by atoms with Crippen molar-refractivity contribution in [3.63, 3.8) is 0 Å². The van der Waals surface area contributed by atoms with E-state index in [0.29, 0.717) is 37.1 Å². The van der Waals surface area contributed by atoms with Crippen molar-refractivity contribution in [2.45, 2.75) is 44.7 Å². The Balaban J connectivity index is 1.33. The average molecular weight is 456 g/mol. The number of hydrogen-bond donors (Lipinski definition) is 1. The Morgan fingerprint density at radius 2 is 1.78 bits per heavy atom. The zero-order valence-corrected chi connectivity index (χ0v) is 19.0. The molecule has 0 radical (unpaired) electrons. The van der Waals surface area contributed by atoms with Crippen LogP contribution in [0.3, 0.4) is 0 Å². The molecule has 1 heterocycles. The third-order valence-electron chi connectivity index (χ3n) is 6.83. The van der Waals surface area contributed by atoms with E-state index in [0.717, 1.165) is 58.1 Å². The maximum atomic E-state index is 13.0. The second kappa shape index (κ2) is 11.9. The lowest BCUT2D eigenvalue weighted by Crippen LogP contribution is -2.47. The monoisotopic (exact) mass is 455 g/mol. The third-order valence-corrected chi connectivity index (χ3v) is 6.83. The summed E-state index contributed by atoms with van der Waals surface area (Å²) in [6.45, 7) is 5.45. The van der Waals surface area contributed by atoms with Gasteiger partial charge in [0.2, 0.25) is 5.91 Å². The molecule has 1 amide bonds. The summed E-state index contributed by atoms with van der Waals surface area (Å²) in [5.74, 6) is 1.33. The number of hydrogen-bond acceptors (Lipinski definition) is 4. The molecule has 0 spiro atoms. The van der Waals surface area contributed by atoms with E-state index >= 15 is 0 Å². The fourth-order valence-corrected chi connectivity index (χ4v) is 4.82. The summed E-state index contributed by atoms with van der Waals surface area (Å²) in [4.78, 5) is 16.4. The molecule has 0 unspecified atom stereocenters. The van der Waals surface area contributed by atoms with Gasteiger partial charge in [0.05, 0.1) is 12.2 Å². The molecular weight excluding hydrogens is 419 g/mol.